The summed E-state index contributed by atoms with van der Waals surface area (Å²) < 4.78 is 5.37. The van der Waals surface area contributed by atoms with Crippen molar-refractivity contribution in [2.75, 3.05) is 6.54 Å². The van der Waals surface area contributed by atoms with E-state index in [-0.39, 0.29) is 0 Å². The normalized spacial score (nSPS) is 12.6. The summed E-state index contributed by atoms with van der Waals surface area (Å²) in [5.74, 6) is 0.988. The molecule has 2 nitrogen and oxygen atoms in total. The van der Waals surface area contributed by atoms with Gasteiger partial charge >= 0.3 is 0 Å². The molecule has 0 spiro atoms. The van der Waals surface area contributed by atoms with Crippen LogP contribution in [0.5, 0.6) is 0 Å². The predicted molar refractivity (Wildman–Crippen MR) is 68.5 cm³/mol. The largest absolute Gasteiger partial charge is 0.469 e. The molecule has 90 valence electrons. The Kier molecular flexibility index (Phi) is 5.94. The second-order valence-electron chi connectivity index (χ2n) is 4.22. The van der Waals surface area contributed by atoms with Gasteiger partial charge in [-0.3, -0.25) is 0 Å². The van der Waals surface area contributed by atoms with Crippen molar-refractivity contribution in [2.24, 2.45) is 0 Å². The number of nitrogens with one attached hydrogen (secondary N) is 1. The molecule has 1 aromatic rings. The first kappa shape index (κ1) is 13.0. The van der Waals surface area contributed by atoms with Crippen molar-refractivity contribution >= 4 is 0 Å². The monoisotopic (exact) mass is 221 g/mol. The highest BCUT2D eigenvalue weighted by molar-refractivity contribution is 5.16. The Morgan fingerprint density at radius 1 is 1.56 bits per heavy atom. The van der Waals surface area contributed by atoms with Gasteiger partial charge in [0, 0.05) is 11.6 Å². The lowest BCUT2D eigenvalue weighted by Crippen LogP contribution is -2.21. The van der Waals surface area contributed by atoms with Gasteiger partial charge in [0.15, 0.2) is 0 Å². The summed E-state index contributed by atoms with van der Waals surface area (Å²) >= 11 is 0. The van der Waals surface area contributed by atoms with E-state index in [1.807, 2.05) is 19.3 Å². The zero-order chi connectivity index (χ0) is 11.8. The summed E-state index contributed by atoms with van der Waals surface area (Å²) in [6.07, 6.45) is 8.42. The number of hydrogen-bond acceptors (Lipinski definition) is 2. The molecule has 0 aromatic carbocycles. The van der Waals surface area contributed by atoms with E-state index in [4.69, 9.17) is 4.42 Å². The summed E-state index contributed by atoms with van der Waals surface area (Å²) in [6.45, 7) is 9.00. The summed E-state index contributed by atoms with van der Waals surface area (Å²) in [4.78, 5) is 0. The molecule has 1 atom stereocenters. The topological polar surface area (TPSA) is 25.2 Å². The second kappa shape index (κ2) is 7.29. The Morgan fingerprint density at radius 2 is 2.38 bits per heavy atom. The minimum absolute atomic E-state index is 0.428. The highest BCUT2D eigenvalue weighted by Crippen LogP contribution is 2.21. The second-order valence-corrected chi connectivity index (χ2v) is 4.22. The van der Waals surface area contributed by atoms with Gasteiger partial charge in [-0.2, -0.15) is 0 Å². The molecule has 0 aliphatic rings. The van der Waals surface area contributed by atoms with E-state index in [0.29, 0.717) is 6.04 Å². The lowest BCUT2D eigenvalue weighted by molar-refractivity contribution is 0.474. The maximum absolute atomic E-state index is 5.37. The van der Waals surface area contributed by atoms with E-state index >= 15 is 0 Å². The Balaban J connectivity index is 2.52. The molecule has 1 N–H and O–H groups in total. The average Bonchev–Trinajstić information content (AvgIpc) is 2.70. The van der Waals surface area contributed by atoms with Gasteiger partial charge in [0.25, 0.3) is 0 Å². The summed E-state index contributed by atoms with van der Waals surface area (Å²) in [5, 5.41) is 3.56. The number of unbranched alkanes of at least 4 members (excludes halogenated alkanes) is 1. The van der Waals surface area contributed by atoms with Crippen LogP contribution in [0.25, 0.3) is 0 Å². The van der Waals surface area contributed by atoms with Crippen LogP contribution in [0, 0.1) is 6.92 Å². The quantitative estimate of drug-likeness (QED) is 0.530. The van der Waals surface area contributed by atoms with Crippen molar-refractivity contribution in [3.05, 3.63) is 36.3 Å². The van der Waals surface area contributed by atoms with Crippen LogP contribution >= 0.6 is 0 Å². The first-order chi connectivity index (χ1) is 7.77. The Hall–Kier alpha value is -1.02. The van der Waals surface area contributed by atoms with Crippen LogP contribution in [0.4, 0.5) is 0 Å². The Labute approximate surface area is 98.7 Å². The van der Waals surface area contributed by atoms with Gasteiger partial charge in [-0.15, -0.1) is 6.58 Å². The molecular weight excluding hydrogens is 198 g/mol. The van der Waals surface area contributed by atoms with E-state index in [1.165, 1.54) is 12.0 Å². The van der Waals surface area contributed by atoms with Crippen molar-refractivity contribution in [1.82, 2.24) is 5.32 Å². The van der Waals surface area contributed by atoms with E-state index in [1.54, 1.807) is 0 Å². The van der Waals surface area contributed by atoms with Gasteiger partial charge in [-0.05, 0) is 45.2 Å². The minimum Gasteiger partial charge on any atom is -0.469 e. The van der Waals surface area contributed by atoms with Gasteiger partial charge in [0.1, 0.15) is 5.76 Å². The van der Waals surface area contributed by atoms with E-state index < -0.39 is 0 Å². The van der Waals surface area contributed by atoms with Crippen molar-refractivity contribution in [3.8, 4) is 0 Å². The summed E-state index contributed by atoms with van der Waals surface area (Å²) in [7, 11) is 0. The highest BCUT2D eigenvalue weighted by atomic mass is 16.3. The standard InChI is InChI=1S/C14H23NO/c1-4-6-7-8-14(15-9-5-2)13-10-12(3)16-11-13/h4,10-11,14-15H,1,5-9H2,2-3H3. The molecule has 1 heterocycles. The first-order valence-electron chi connectivity index (χ1n) is 6.17. The number of furan rings is 1. The van der Waals surface area contributed by atoms with Crippen LogP contribution < -0.4 is 5.32 Å². The van der Waals surface area contributed by atoms with E-state index in [0.717, 1.165) is 31.6 Å². The minimum atomic E-state index is 0.428. The smallest absolute Gasteiger partial charge is 0.101 e. The fourth-order valence-electron chi connectivity index (χ4n) is 1.82. The molecule has 0 radical (unpaired) electrons. The molecule has 0 amide bonds. The average molecular weight is 221 g/mol. The molecule has 0 saturated heterocycles. The van der Waals surface area contributed by atoms with Gasteiger partial charge < -0.3 is 9.73 Å². The third-order valence-electron chi connectivity index (χ3n) is 2.69. The molecule has 0 fully saturated rings. The molecule has 16 heavy (non-hydrogen) atoms. The number of hydrogen-bond donors (Lipinski definition) is 1. The lowest BCUT2D eigenvalue weighted by atomic mass is 10.0. The fourth-order valence-corrected chi connectivity index (χ4v) is 1.82. The van der Waals surface area contributed by atoms with Crippen LogP contribution in [-0.2, 0) is 0 Å². The molecule has 0 bridgehead atoms. The summed E-state index contributed by atoms with van der Waals surface area (Å²) in [6, 6.07) is 2.55. The molecule has 1 unspecified atom stereocenters. The zero-order valence-corrected chi connectivity index (χ0v) is 10.5. The molecule has 0 saturated carbocycles. The molecule has 1 rings (SSSR count). The Morgan fingerprint density at radius 3 is 2.94 bits per heavy atom. The SMILES string of the molecule is C=CCCCC(NCCC)c1coc(C)c1. The van der Waals surface area contributed by atoms with Crippen molar-refractivity contribution in [1.29, 1.82) is 0 Å². The van der Waals surface area contributed by atoms with Crippen LogP contribution in [0.15, 0.2) is 29.4 Å². The molecule has 0 aliphatic carbocycles. The van der Waals surface area contributed by atoms with E-state index in [2.05, 4.69) is 24.9 Å². The van der Waals surface area contributed by atoms with Crippen LogP contribution in [0.3, 0.4) is 0 Å². The van der Waals surface area contributed by atoms with Crippen LogP contribution in [-0.4, -0.2) is 6.54 Å². The third-order valence-corrected chi connectivity index (χ3v) is 2.69. The molecule has 1 aromatic heterocycles. The highest BCUT2D eigenvalue weighted by Gasteiger charge is 2.12. The first-order valence-corrected chi connectivity index (χ1v) is 6.17. The maximum Gasteiger partial charge on any atom is 0.101 e. The Bertz CT molecular complexity index is 303. The van der Waals surface area contributed by atoms with Gasteiger partial charge in [-0.25, -0.2) is 0 Å². The van der Waals surface area contributed by atoms with Crippen LogP contribution in [0.1, 0.15) is 50.0 Å². The third kappa shape index (κ3) is 4.23. The van der Waals surface area contributed by atoms with Gasteiger partial charge in [0.2, 0.25) is 0 Å². The number of aryl methyl sites for hydroxylation is 1. The van der Waals surface area contributed by atoms with Gasteiger partial charge in [0.05, 0.1) is 6.26 Å². The van der Waals surface area contributed by atoms with Crippen molar-refractivity contribution < 1.29 is 4.42 Å². The predicted octanol–water partition coefficient (Wildman–Crippen LogP) is 3.99. The number of rotatable bonds is 8. The lowest BCUT2D eigenvalue weighted by Gasteiger charge is -2.16. The van der Waals surface area contributed by atoms with Crippen molar-refractivity contribution in [2.45, 2.75) is 45.6 Å². The van der Waals surface area contributed by atoms with E-state index in [9.17, 15) is 0 Å². The number of allylic oxidation sites excluding steroid dienone is 1. The molecule has 0 aliphatic heterocycles. The van der Waals surface area contributed by atoms with Crippen molar-refractivity contribution in [3.63, 3.8) is 0 Å². The molecular formula is C14H23NO. The fraction of sp³-hybridized carbons (Fsp3) is 0.571. The summed E-state index contributed by atoms with van der Waals surface area (Å²) in [5.41, 5.74) is 1.27. The maximum atomic E-state index is 5.37. The molecule has 2 heteroatoms. The van der Waals surface area contributed by atoms with Gasteiger partial charge in [-0.1, -0.05) is 13.0 Å². The zero-order valence-electron chi connectivity index (χ0n) is 10.5. The van der Waals surface area contributed by atoms with Crippen LogP contribution in [0.2, 0.25) is 0 Å².